The summed E-state index contributed by atoms with van der Waals surface area (Å²) in [5.74, 6) is -0.744. The number of anilines is 2. The number of pyridine rings is 2. The van der Waals surface area contributed by atoms with Crippen LogP contribution in [0.15, 0.2) is 77.9 Å². The molecular weight excluding hydrogens is 425 g/mol. The number of ether oxygens (including phenoxy) is 1. The van der Waals surface area contributed by atoms with Gasteiger partial charge >= 0.3 is 12.1 Å². The summed E-state index contributed by atoms with van der Waals surface area (Å²) in [5.41, 5.74) is -0.379. The third-order valence-corrected chi connectivity index (χ3v) is 4.46. The van der Waals surface area contributed by atoms with E-state index in [1.807, 2.05) is 0 Å². The van der Waals surface area contributed by atoms with Crippen LogP contribution in [0.3, 0.4) is 0 Å². The van der Waals surface area contributed by atoms with Crippen molar-refractivity contribution in [3.8, 4) is 0 Å². The molecule has 4 aromatic rings. The van der Waals surface area contributed by atoms with Gasteiger partial charge in [0.1, 0.15) is 23.6 Å². The predicted octanol–water partition coefficient (Wildman–Crippen LogP) is 4.21. The van der Waals surface area contributed by atoms with Crippen molar-refractivity contribution in [2.45, 2.75) is 12.8 Å². The highest BCUT2D eigenvalue weighted by Crippen LogP contribution is 2.31. The number of fused-ring (bicyclic) bond motifs is 1. The van der Waals surface area contributed by atoms with E-state index in [9.17, 15) is 22.8 Å². The zero-order valence-electron chi connectivity index (χ0n) is 16.3. The molecule has 7 nitrogen and oxygen atoms in total. The Balaban J connectivity index is 1.53. The fraction of sp³-hybridized carbons (Fsp3) is 0.0909. The minimum Gasteiger partial charge on any atom is -0.455 e. The second-order valence-electron chi connectivity index (χ2n) is 6.69. The zero-order valence-corrected chi connectivity index (χ0v) is 16.3. The average Bonchev–Trinajstić information content (AvgIpc) is 2.77. The largest absolute Gasteiger partial charge is 0.455 e. The quantitative estimate of drug-likeness (QED) is 0.468. The minimum absolute atomic E-state index is 0.0161. The molecule has 0 amide bonds. The first-order chi connectivity index (χ1) is 15.3. The summed E-state index contributed by atoms with van der Waals surface area (Å²) in [4.78, 5) is 33.1. The number of aromatic nitrogens is 3. The van der Waals surface area contributed by atoms with Crippen molar-refractivity contribution in [1.82, 2.24) is 14.4 Å². The molecule has 0 aliphatic carbocycles. The molecule has 0 aliphatic rings. The summed E-state index contributed by atoms with van der Waals surface area (Å²) in [6.45, 7) is -0.267. The van der Waals surface area contributed by atoms with Gasteiger partial charge in [-0.1, -0.05) is 12.1 Å². The average molecular weight is 440 g/mol. The van der Waals surface area contributed by atoms with Gasteiger partial charge in [0.25, 0.3) is 5.56 Å². The van der Waals surface area contributed by atoms with E-state index in [4.69, 9.17) is 4.74 Å². The van der Waals surface area contributed by atoms with Crippen molar-refractivity contribution < 1.29 is 22.7 Å². The maximum absolute atomic E-state index is 13.0. The van der Waals surface area contributed by atoms with Crippen molar-refractivity contribution in [3.05, 3.63) is 100 Å². The number of hydrogen-bond donors (Lipinski definition) is 1. The highest BCUT2D eigenvalue weighted by Gasteiger charge is 2.30. The van der Waals surface area contributed by atoms with Gasteiger partial charge in [0, 0.05) is 24.1 Å². The lowest BCUT2D eigenvalue weighted by molar-refractivity contribution is -0.137. The lowest BCUT2D eigenvalue weighted by Gasteiger charge is -2.12. The number of hydrogen-bond acceptors (Lipinski definition) is 6. The number of halogens is 3. The molecule has 32 heavy (non-hydrogen) atoms. The van der Waals surface area contributed by atoms with Gasteiger partial charge in [-0.05, 0) is 42.5 Å². The van der Waals surface area contributed by atoms with E-state index < -0.39 is 17.7 Å². The number of carbonyl (C=O) groups excluding carboxylic acids is 1. The molecule has 1 aromatic carbocycles. The number of alkyl halides is 3. The van der Waals surface area contributed by atoms with Crippen LogP contribution in [0, 0.1) is 0 Å². The molecule has 4 rings (SSSR count). The van der Waals surface area contributed by atoms with Gasteiger partial charge in [-0.25, -0.2) is 14.8 Å². The lowest BCUT2D eigenvalue weighted by Crippen LogP contribution is -2.16. The van der Waals surface area contributed by atoms with Crippen molar-refractivity contribution in [2.24, 2.45) is 0 Å². The van der Waals surface area contributed by atoms with Gasteiger partial charge in [0.2, 0.25) is 0 Å². The third-order valence-electron chi connectivity index (χ3n) is 4.46. The number of rotatable bonds is 5. The van der Waals surface area contributed by atoms with Gasteiger partial charge in [-0.15, -0.1) is 0 Å². The summed E-state index contributed by atoms with van der Waals surface area (Å²) in [5, 5.41) is 2.72. The van der Waals surface area contributed by atoms with Crippen molar-refractivity contribution in [2.75, 3.05) is 5.32 Å². The van der Waals surface area contributed by atoms with Gasteiger partial charge in [-0.2, -0.15) is 13.2 Å². The monoisotopic (exact) mass is 440 g/mol. The molecule has 0 radical (unpaired) electrons. The van der Waals surface area contributed by atoms with Crippen LogP contribution in [0.1, 0.15) is 21.6 Å². The number of benzene rings is 1. The van der Waals surface area contributed by atoms with E-state index >= 15 is 0 Å². The molecule has 0 aliphatic heterocycles. The van der Waals surface area contributed by atoms with Gasteiger partial charge in [-0.3, -0.25) is 9.20 Å². The van der Waals surface area contributed by atoms with Gasteiger partial charge in [0.15, 0.2) is 0 Å². The molecule has 0 bridgehead atoms. The van der Waals surface area contributed by atoms with Gasteiger partial charge < -0.3 is 10.1 Å². The van der Waals surface area contributed by atoms with Crippen LogP contribution >= 0.6 is 0 Å². The van der Waals surface area contributed by atoms with E-state index in [-0.39, 0.29) is 34.9 Å². The molecule has 0 atom stereocenters. The SMILES string of the molecule is O=C(OCc1cc(=O)n2ccccc2n1)c1cccnc1Nc1cccc(C(F)(F)F)c1. The molecule has 162 valence electrons. The smallest absolute Gasteiger partial charge is 0.416 e. The summed E-state index contributed by atoms with van der Waals surface area (Å²) >= 11 is 0. The molecule has 0 saturated heterocycles. The second-order valence-corrected chi connectivity index (χ2v) is 6.69. The van der Waals surface area contributed by atoms with Crippen LogP contribution in [0.4, 0.5) is 24.7 Å². The molecule has 0 spiro atoms. The maximum atomic E-state index is 13.0. The zero-order chi connectivity index (χ0) is 22.7. The second kappa shape index (κ2) is 8.50. The Hall–Kier alpha value is -4.21. The van der Waals surface area contributed by atoms with Crippen LogP contribution < -0.4 is 10.9 Å². The Kier molecular flexibility index (Phi) is 5.59. The lowest BCUT2D eigenvalue weighted by atomic mass is 10.2. The standard InChI is InChI=1S/C22H15F3N4O3/c23-22(24,25)14-5-3-6-15(11-14)28-20-17(7-4-9-26-20)21(31)32-13-16-12-19(30)29-10-2-1-8-18(29)27-16/h1-12H,13H2,(H,26,28). The maximum Gasteiger partial charge on any atom is 0.416 e. The van der Waals surface area contributed by atoms with Crippen molar-refractivity contribution in [3.63, 3.8) is 0 Å². The molecule has 1 N–H and O–H groups in total. The Morgan fingerprint density at radius 2 is 1.91 bits per heavy atom. The summed E-state index contributed by atoms with van der Waals surface area (Å²) in [6, 6.07) is 13.8. The Bertz CT molecular complexity index is 1350. The Morgan fingerprint density at radius 3 is 2.72 bits per heavy atom. The first-order valence-corrected chi connectivity index (χ1v) is 9.35. The Morgan fingerprint density at radius 1 is 1.06 bits per heavy atom. The van der Waals surface area contributed by atoms with Crippen LogP contribution in [0.2, 0.25) is 0 Å². The first kappa shape index (κ1) is 21.0. The number of carbonyl (C=O) groups is 1. The van der Waals surface area contributed by atoms with Crippen LogP contribution in [0.25, 0.3) is 5.65 Å². The molecular formula is C22H15F3N4O3. The molecule has 0 saturated carbocycles. The fourth-order valence-electron chi connectivity index (χ4n) is 2.97. The van der Waals surface area contributed by atoms with Gasteiger partial charge in [0.05, 0.1) is 11.3 Å². The summed E-state index contributed by atoms with van der Waals surface area (Å²) in [7, 11) is 0. The van der Waals surface area contributed by atoms with Crippen LogP contribution in [-0.2, 0) is 17.5 Å². The van der Waals surface area contributed by atoms with E-state index in [0.717, 1.165) is 12.1 Å². The third kappa shape index (κ3) is 4.59. The van der Waals surface area contributed by atoms with Crippen LogP contribution in [-0.4, -0.2) is 20.3 Å². The highest BCUT2D eigenvalue weighted by molar-refractivity contribution is 5.95. The fourth-order valence-corrected chi connectivity index (χ4v) is 2.97. The van der Waals surface area contributed by atoms with E-state index in [1.165, 1.54) is 40.9 Å². The topological polar surface area (TPSA) is 85.6 Å². The molecule has 10 heteroatoms. The number of esters is 1. The summed E-state index contributed by atoms with van der Waals surface area (Å²) < 4.78 is 45.5. The normalized spacial score (nSPS) is 11.3. The van der Waals surface area contributed by atoms with Crippen LogP contribution in [0.5, 0.6) is 0 Å². The highest BCUT2D eigenvalue weighted by atomic mass is 19.4. The molecule has 3 heterocycles. The molecule has 0 fully saturated rings. The molecule has 0 unspecified atom stereocenters. The van der Waals surface area contributed by atoms with Crippen molar-refractivity contribution >= 4 is 23.1 Å². The Labute approximate surface area is 179 Å². The number of nitrogens with zero attached hydrogens (tertiary/aromatic N) is 3. The van der Waals surface area contributed by atoms with E-state index in [2.05, 4.69) is 15.3 Å². The molecule has 3 aromatic heterocycles. The van der Waals surface area contributed by atoms with Crippen molar-refractivity contribution in [1.29, 1.82) is 0 Å². The van der Waals surface area contributed by atoms with E-state index in [1.54, 1.807) is 24.4 Å². The minimum atomic E-state index is -4.50. The number of nitrogens with one attached hydrogen (secondary N) is 1. The summed E-state index contributed by atoms with van der Waals surface area (Å²) in [6.07, 6.45) is -1.55. The van der Waals surface area contributed by atoms with E-state index in [0.29, 0.717) is 5.65 Å². The predicted molar refractivity (Wildman–Crippen MR) is 110 cm³/mol. The first-order valence-electron chi connectivity index (χ1n) is 9.35.